The molecule has 0 aliphatic carbocycles. The Morgan fingerprint density at radius 1 is 1.46 bits per heavy atom. The molecule has 1 aliphatic rings. The van der Waals surface area contributed by atoms with Crippen LogP contribution >= 0.6 is 0 Å². The van der Waals surface area contributed by atoms with Gasteiger partial charge in [-0.15, -0.1) is 0 Å². The Morgan fingerprint density at radius 2 is 2.31 bits per heavy atom. The minimum atomic E-state index is 0.616. The van der Waals surface area contributed by atoms with Gasteiger partial charge in [0.1, 0.15) is 0 Å². The maximum absolute atomic E-state index is 5.55. The van der Waals surface area contributed by atoms with Crippen molar-refractivity contribution in [2.24, 2.45) is 0 Å². The summed E-state index contributed by atoms with van der Waals surface area (Å²) in [7, 11) is 0. The Bertz CT molecular complexity index is 304. The Hall–Kier alpha value is -0.820. The van der Waals surface area contributed by atoms with Crippen LogP contribution in [0.25, 0.3) is 0 Å². The Balaban J connectivity index is 2.47. The minimum absolute atomic E-state index is 0.616. The lowest BCUT2D eigenvalue weighted by Crippen LogP contribution is -2.17. The van der Waals surface area contributed by atoms with Gasteiger partial charge >= 0.3 is 0 Å². The molecule has 0 saturated heterocycles. The summed E-state index contributed by atoms with van der Waals surface area (Å²) in [6.45, 7) is 6.13. The topological polar surface area (TPSA) is 9.23 Å². The molecule has 1 aliphatic heterocycles. The molecule has 1 heteroatoms. The Morgan fingerprint density at radius 3 is 3.08 bits per heavy atom. The van der Waals surface area contributed by atoms with Crippen molar-refractivity contribution in [3.63, 3.8) is 0 Å². The SMILES string of the molecule is CCC1COCc2cccc(C)c21. The number of aryl methyl sites for hydroxylation is 1. The highest BCUT2D eigenvalue weighted by Gasteiger charge is 2.20. The first kappa shape index (κ1) is 8.76. The van der Waals surface area contributed by atoms with Crippen molar-refractivity contribution in [1.82, 2.24) is 0 Å². The van der Waals surface area contributed by atoms with Gasteiger partial charge < -0.3 is 4.74 Å². The zero-order valence-electron chi connectivity index (χ0n) is 8.34. The van der Waals surface area contributed by atoms with Gasteiger partial charge in [-0.3, -0.25) is 0 Å². The van der Waals surface area contributed by atoms with Crippen LogP contribution in [-0.4, -0.2) is 6.61 Å². The van der Waals surface area contributed by atoms with E-state index in [-0.39, 0.29) is 0 Å². The van der Waals surface area contributed by atoms with E-state index in [4.69, 9.17) is 4.74 Å². The number of hydrogen-bond acceptors (Lipinski definition) is 1. The van der Waals surface area contributed by atoms with Crippen molar-refractivity contribution in [3.8, 4) is 0 Å². The van der Waals surface area contributed by atoms with Gasteiger partial charge in [-0.05, 0) is 30.0 Å². The van der Waals surface area contributed by atoms with E-state index in [9.17, 15) is 0 Å². The summed E-state index contributed by atoms with van der Waals surface area (Å²) in [6.07, 6.45) is 1.18. The molecule has 0 bridgehead atoms. The van der Waals surface area contributed by atoms with Gasteiger partial charge in [0.25, 0.3) is 0 Å². The molecule has 1 nitrogen and oxygen atoms in total. The number of hydrogen-bond donors (Lipinski definition) is 0. The van der Waals surface area contributed by atoms with Gasteiger partial charge in [0.2, 0.25) is 0 Å². The highest BCUT2D eigenvalue weighted by molar-refractivity contribution is 5.38. The van der Waals surface area contributed by atoms with Crippen molar-refractivity contribution in [2.45, 2.75) is 32.8 Å². The van der Waals surface area contributed by atoms with Crippen LogP contribution < -0.4 is 0 Å². The monoisotopic (exact) mass is 176 g/mol. The van der Waals surface area contributed by atoms with Crippen LogP contribution in [0.3, 0.4) is 0 Å². The first-order chi connectivity index (χ1) is 6.33. The lowest BCUT2D eigenvalue weighted by atomic mass is 9.88. The summed E-state index contributed by atoms with van der Waals surface area (Å²) in [5.74, 6) is 0.616. The summed E-state index contributed by atoms with van der Waals surface area (Å²) >= 11 is 0. The fourth-order valence-electron chi connectivity index (χ4n) is 2.17. The van der Waals surface area contributed by atoms with Crippen LogP contribution in [0, 0.1) is 6.92 Å². The lowest BCUT2D eigenvalue weighted by Gasteiger charge is -2.26. The van der Waals surface area contributed by atoms with E-state index in [1.54, 1.807) is 0 Å². The van der Waals surface area contributed by atoms with Crippen LogP contribution in [0.4, 0.5) is 0 Å². The van der Waals surface area contributed by atoms with E-state index in [0.29, 0.717) is 5.92 Å². The molecule has 1 aromatic rings. The van der Waals surface area contributed by atoms with Crippen molar-refractivity contribution in [2.75, 3.05) is 6.61 Å². The van der Waals surface area contributed by atoms with Gasteiger partial charge in [0.15, 0.2) is 0 Å². The highest BCUT2D eigenvalue weighted by atomic mass is 16.5. The molecule has 0 N–H and O–H groups in total. The van der Waals surface area contributed by atoms with Gasteiger partial charge in [-0.25, -0.2) is 0 Å². The molecule has 2 rings (SSSR count). The average molecular weight is 176 g/mol. The van der Waals surface area contributed by atoms with Crippen LogP contribution in [0.1, 0.15) is 36.0 Å². The van der Waals surface area contributed by atoms with Crippen LogP contribution in [0.5, 0.6) is 0 Å². The molecule has 0 saturated carbocycles. The standard InChI is InChI=1S/C12H16O/c1-3-10-7-13-8-11-6-4-5-9(2)12(10)11/h4-6,10H,3,7-8H2,1-2H3. The van der Waals surface area contributed by atoms with E-state index in [1.165, 1.54) is 23.1 Å². The molecule has 1 atom stereocenters. The van der Waals surface area contributed by atoms with E-state index in [0.717, 1.165) is 13.2 Å². The molecule has 0 fully saturated rings. The molecule has 70 valence electrons. The summed E-state index contributed by atoms with van der Waals surface area (Å²) in [6, 6.07) is 6.51. The summed E-state index contributed by atoms with van der Waals surface area (Å²) in [5, 5.41) is 0. The predicted octanol–water partition coefficient (Wildman–Crippen LogP) is 3.02. The summed E-state index contributed by atoms with van der Waals surface area (Å²) in [5.41, 5.74) is 4.35. The zero-order valence-corrected chi connectivity index (χ0v) is 8.34. The Kier molecular flexibility index (Phi) is 2.36. The van der Waals surface area contributed by atoms with Crippen molar-refractivity contribution in [1.29, 1.82) is 0 Å². The normalized spacial score (nSPS) is 21.2. The maximum atomic E-state index is 5.55. The number of ether oxygens (including phenoxy) is 1. The molecular weight excluding hydrogens is 160 g/mol. The van der Waals surface area contributed by atoms with E-state index < -0.39 is 0 Å². The van der Waals surface area contributed by atoms with Crippen molar-refractivity contribution >= 4 is 0 Å². The predicted molar refractivity (Wildman–Crippen MR) is 53.9 cm³/mol. The van der Waals surface area contributed by atoms with Gasteiger partial charge in [0, 0.05) is 5.92 Å². The lowest BCUT2D eigenvalue weighted by molar-refractivity contribution is 0.0897. The fourth-order valence-corrected chi connectivity index (χ4v) is 2.17. The molecule has 1 aromatic carbocycles. The van der Waals surface area contributed by atoms with Crippen LogP contribution in [0.2, 0.25) is 0 Å². The second-order valence-electron chi connectivity index (χ2n) is 3.77. The van der Waals surface area contributed by atoms with Crippen LogP contribution in [0.15, 0.2) is 18.2 Å². The number of fused-ring (bicyclic) bond motifs is 1. The Labute approximate surface area is 79.7 Å². The zero-order chi connectivity index (χ0) is 9.26. The fraction of sp³-hybridized carbons (Fsp3) is 0.500. The summed E-state index contributed by atoms with van der Waals surface area (Å²) < 4.78 is 5.55. The third kappa shape index (κ3) is 1.49. The first-order valence-corrected chi connectivity index (χ1v) is 4.99. The maximum Gasteiger partial charge on any atom is 0.0720 e. The second-order valence-corrected chi connectivity index (χ2v) is 3.77. The molecule has 13 heavy (non-hydrogen) atoms. The van der Waals surface area contributed by atoms with Crippen LogP contribution in [-0.2, 0) is 11.3 Å². The number of benzene rings is 1. The molecule has 0 aromatic heterocycles. The molecule has 0 spiro atoms. The van der Waals surface area contributed by atoms with Gasteiger partial charge in [0.05, 0.1) is 13.2 Å². The quantitative estimate of drug-likeness (QED) is 0.639. The van der Waals surface area contributed by atoms with E-state index >= 15 is 0 Å². The van der Waals surface area contributed by atoms with Gasteiger partial charge in [-0.1, -0.05) is 25.1 Å². The highest BCUT2D eigenvalue weighted by Crippen LogP contribution is 2.31. The summed E-state index contributed by atoms with van der Waals surface area (Å²) in [4.78, 5) is 0. The van der Waals surface area contributed by atoms with Gasteiger partial charge in [-0.2, -0.15) is 0 Å². The average Bonchev–Trinajstić information content (AvgIpc) is 2.17. The molecular formula is C12H16O. The van der Waals surface area contributed by atoms with E-state index in [1.807, 2.05) is 0 Å². The van der Waals surface area contributed by atoms with E-state index in [2.05, 4.69) is 32.0 Å². The second kappa shape index (κ2) is 3.51. The number of rotatable bonds is 1. The van der Waals surface area contributed by atoms with Crippen molar-refractivity contribution in [3.05, 3.63) is 34.9 Å². The molecule has 0 radical (unpaired) electrons. The third-order valence-electron chi connectivity index (χ3n) is 2.89. The smallest absolute Gasteiger partial charge is 0.0720 e. The third-order valence-corrected chi connectivity index (χ3v) is 2.89. The molecule has 1 unspecified atom stereocenters. The first-order valence-electron chi connectivity index (χ1n) is 4.99. The largest absolute Gasteiger partial charge is 0.376 e. The minimum Gasteiger partial charge on any atom is -0.376 e. The molecule has 1 heterocycles. The van der Waals surface area contributed by atoms with Crippen molar-refractivity contribution < 1.29 is 4.74 Å². The molecule has 0 amide bonds.